The van der Waals surface area contributed by atoms with Crippen LogP contribution in [-0.4, -0.2) is 42.4 Å². The summed E-state index contributed by atoms with van der Waals surface area (Å²) in [5.74, 6) is 0.264. The molecular formula is C26H24FN5OS. The molecule has 2 heterocycles. The standard InChI is InChI=1S/C26H24FN5OS/c1-18(23-13-7-8-16-28-23)31(20-14-15-20)24(33)17-34-26-30-29-25(21-11-5-6-12-22(21)27)32(26)19-9-3-2-4-10-19/h2-13,16,18,20H,14-15,17H2,1H3. The maximum atomic E-state index is 14.6. The summed E-state index contributed by atoms with van der Waals surface area (Å²) >= 11 is 1.31. The Morgan fingerprint density at radius 3 is 2.50 bits per heavy atom. The second-order valence-electron chi connectivity index (χ2n) is 8.21. The Labute approximate surface area is 201 Å². The molecule has 1 atom stereocenters. The van der Waals surface area contributed by atoms with Crippen molar-refractivity contribution in [2.45, 2.75) is 37.0 Å². The predicted octanol–water partition coefficient (Wildman–Crippen LogP) is 5.31. The van der Waals surface area contributed by atoms with Crippen LogP contribution in [0.5, 0.6) is 0 Å². The van der Waals surface area contributed by atoms with E-state index in [1.54, 1.807) is 29.0 Å². The smallest absolute Gasteiger partial charge is 0.233 e. The number of para-hydroxylation sites is 1. The molecule has 0 N–H and O–H groups in total. The van der Waals surface area contributed by atoms with Gasteiger partial charge in [-0.2, -0.15) is 0 Å². The third-order valence-electron chi connectivity index (χ3n) is 5.85. The number of amides is 1. The summed E-state index contributed by atoms with van der Waals surface area (Å²) < 4.78 is 16.4. The van der Waals surface area contributed by atoms with Crippen molar-refractivity contribution < 1.29 is 9.18 Å². The van der Waals surface area contributed by atoms with E-state index >= 15 is 0 Å². The van der Waals surface area contributed by atoms with Gasteiger partial charge in [-0.3, -0.25) is 14.3 Å². The fourth-order valence-corrected chi connectivity index (χ4v) is 4.87. The lowest BCUT2D eigenvalue weighted by molar-refractivity contribution is -0.131. The molecule has 1 unspecified atom stereocenters. The van der Waals surface area contributed by atoms with Gasteiger partial charge >= 0.3 is 0 Å². The van der Waals surface area contributed by atoms with Gasteiger partial charge in [-0.05, 0) is 56.2 Å². The molecule has 5 rings (SSSR count). The third kappa shape index (κ3) is 4.59. The first-order valence-corrected chi connectivity index (χ1v) is 12.2. The van der Waals surface area contributed by atoms with Crippen LogP contribution in [0.25, 0.3) is 17.1 Å². The largest absolute Gasteiger partial charge is 0.331 e. The molecule has 34 heavy (non-hydrogen) atoms. The number of benzene rings is 2. The molecule has 1 aliphatic carbocycles. The molecule has 4 aromatic rings. The number of thioether (sulfide) groups is 1. The van der Waals surface area contributed by atoms with Gasteiger partial charge in [0.15, 0.2) is 11.0 Å². The molecule has 1 aliphatic rings. The Morgan fingerprint density at radius 1 is 1.06 bits per heavy atom. The summed E-state index contributed by atoms with van der Waals surface area (Å²) in [7, 11) is 0. The molecule has 0 spiro atoms. The zero-order chi connectivity index (χ0) is 23.5. The third-order valence-corrected chi connectivity index (χ3v) is 6.76. The quantitative estimate of drug-likeness (QED) is 0.325. The highest BCUT2D eigenvalue weighted by Crippen LogP contribution is 2.35. The molecule has 6 nitrogen and oxygen atoms in total. The van der Waals surface area contributed by atoms with E-state index in [-0.39, 0.29) is 29.6 Å². The van der Waals surface area contributed by atoms with Crippen LogP contribution >= 0.6 is 11.8 Å². The number of carbonyl (C=O) groups excluding carboxylic acids is 1. The number of rotatable bonds is 8. The van der Waals surface area contributed by atoms with Crippen molar-refractivity contribution >= 4 is 17.7 Å². The van der Waals surface area contributed by atoms with Crippen LogP contribution in [0, 0.1) is 5.82 Å². The monoisotopic (exact) mass is 473 g/mol. The number of pyridine rings is 1. The molecular weight excluding hydrogens is 449 g/mol. The van der Waals surface area contributed by atoms with Gasteiger partial charge < -0.3 is 4.90 Å². The SMILES string of the molecule is CC(c1ccccn1)N(C(=O)CSc1nnc(-c2ccccc2F)n1-c1ccccc1)C1CC1. The maximum absolute atomic E-state index is 14.6. The lowest BCUT2D eigenvalue weighted by Crippen LogP contribution is -2.37. The minimum atomic E-state index is -0.371. The molecule has 0 radical (unpaired) electrons. The van der Waals surface area contributed by atoms with Crippen LogP contribution < -0.4 is 0 Å². The molecule has 172 valence electrons. The van der Waals surface area contributed by atoms with E-state index in [1.165, 1.54) is 17.8 Å². The fourth-order valence-electron chi connectivity index (χ4n) is 4.05. The van der Waals surface area contributed by atoms with Gasteiger partial charge in [-0.25, -0.2) is 4.39 Å². The molecule has 2 aromatic heterocycles. The summed E-state index contributed by atoms with van der Waals surface area (Å²) in [6.07, 6.45) is 3.76. The van der Waals surface area contributed by atoms with E-state index in [9.17, 15) is 9.18 Å². The molecule has 8 heteroatoms. The highest BCUT2D eigenvalue weighted by molar-refractivity contribution is 7.99. The van der Waals surface area contributed by atoms with Gasteiger partial charge in [0.05, 0.1) is 23.1 Å². The first-order chi connectivity index (χ1) is 16.6. The number of aromatic nitrogens is 4. The highest BCUT2D eigenvalue weighted by atomic mass is 32.2. The number of hydrogen-bond donors (Lipinski definition) is 0. The number of carbonyl (C=O) groups is 1. The van der Waals surface area contributed by atoms with Crippen LogP contribution in [0.2, 0.25) is 0 Å². The summed E-state index contributed by atoms with van der Waals surface area (Å²) in [4.78, 5) is 19.7. The first kappa shape index (κ1) is 22.3. The Hall–Kier alpha value is -3.52. The Bertz CT molecular complexity index is 1280. The maximum Gasteiger partial charge on any atom is 0.233 e. The van der Waals surface area contributed by atoms with E-state index in [1.807, 2.05) is 60.4 Å². The highest BCUT2D eigenvalue weighted by Gasteiger charge is 2.36. The van der Waals surface area contributed by atoms with E-state index in [0.717, 1.165) is 24.2 Å². The predicted molar refractivity (Wildman–Crippen MR) is 130 cm³/mol. The molecule has 1 saturated carbocycles. The zero-order valence-corrected chi connectivity index (χ0v) is 19.5. The minimum Gasteiger partial charge on any atom is -0.331 e. The average molecular weight is 474 g/mol. The van der Waals surface area contributed by atoms with Crippen LogP contribution in [0.1, 0.15) is 31.5 Å². The Balaban J connectivity index is 1.42. The van der Waals surface area contributed by atoms with Gasteiger partial charge in [0.1, 0.15) is 5.82 Å². The second kappa shape index (κ2) is 9.77. The van der Waals surface area contributed by atoms with Crippen LogP contribution in [-0.2, 0) is 4.79 Å². The van der Waals surface area contributed by atoms with Crippen molar-refractivity contribution in [3.8, 4) is 17.1 Å². The average Bonchev–Trinajstić information content (AvgIpc) is 3.62. The molecule has 0 bridgehead atoms. The lowest BCUT2D eigenvalue weighted by Gasteiger charge is -2.29. The molecule has 1 amide bonds. The van der Waals surface area contributed by atoms with Gasteiger partial charge in [0.25, 0.3) is 0 Å². The van der Waals surface area contributed by atoms with Gasteiger partial charge in [-0.15, -0.1) is 10.2 Å². The fraction of sp³-hybridized carbons (Fsp3) is 0.231. The van der Waals surface area contributed by atoms with E-state index < -0.39 is 0 Å². The topological polar surface area (TPSA) is 63.9 Å². The minimum absolute atomic E-state index is 0.0284. The molecule has 2 aromatic carbocycles. The van der Waals surface area contributed by atoms with Crippen LogP contribution in [0.4, 0.5) is 4.39 Å². The van der Waals surface area contributed by atoms with Crippen LogP contribution in [0.15, 0.2) is 84.1 Å². The summed E-state index contributed by atoms with van der Waals surface area (Å²) in [6.45, 7) is 2.02. The Kier molecular flexibility index (Phi) is 6.40. The lowest BCUT2D eigenvalue weighted by atomic mass is 10.1. The van der Waals surface area contributed by atoms with Crippen molar-refractivity contribution in [3.63, 3.8) is 0 Å². The first-order valence-electron chi connectivity index (χ1n) is 11.2. The summed E-state index contributed by atoms with van der Waals surface area (Å²) in [6, 6.07) is 22.0. The van der Waals surface area contributed by atoms with Gasteiger partial charge in [0.2, 0.25) is 5.91 Å². The van der Waals surface area contributed by atoms with Crippen molar-refractivity contribution in [2.75, 3.05) is 5.75 Å². The van der Waals surface area contributed by atoms with E-state index in [0.29, 0.717) is 16.5 Å². The molecule has 0 saturated heterocycles. The number of halogens is 1. The Morgan fingerprint density at radius 2 is 1.79 bits per heavy atom. The normalized spacial score (nSPS) is 14.1. The van der Waals surface area contributed by atoms with Gasteiger partial charge in [0, 0.05) is 17.9 Å². The number of hydrogen-bond acceptors (Lipinski definition) is 5. The van der Waals surface area contributed by atoms with Crippen molar-refractivity contribution in [2.24, 2.45) is 0 Å². The van der Waals surface area contributed by atoms with Crippen molar-refractivity contribution in [1.29, 1.82) is 0 Å². The summed E-state index contributed by atoms with van der Waals surface area (Å²) in [5, 5.41) is 9.17. The number of nitrogens with zero attached hydrogens (tertiary/aromatic N) is 5. The van der Waals surface area contributed by atoms with Crippen LogP contribution in [0.3, 0.4) is 0 Å². The van der Waals surface area contributed by atoms with E-state index in [2.05, 4.69) is 15.2 Å². The summed E-state index contributed by atoms with van der Waals surface area (Å²) in [5.41, 5.74) is 2.05. The second-order valence-corrected chi connectivity index (χ2v) is 9.15. The molecule has 0 aliphatic heterocycles. The van der Waals surface area contributed by atoms with Crippen molar-refractivity contribution in [3.05, 3.63) is 90.5 Å². The van der Waals surface area contributed by atoms with E-state index in [4.69, 9.17) is 0 Å². The zero-order valence-electron chi connectivity index (χ0n) is 18.7. The molecule has 1 fully saturated rings. The van der Waals surface area contributed by atoms with Gasteiger partial charge in [-0.1, -0.05) is 48.2 Å². The van der Waals surface area contributed by atoms with Crippen molar-refractivity contribution in [1.82, 2.24) is 24.6 Å².